The van der Waals surface area contributed by atoms with Crippen LogP contribution in [0, 0.1) is 0 Å². The molecule has 10 N–H and O–H groups in total. The minimum Gasteiger partial charge on any atom is -0.480 e. The van der Waals surface area contributed by atoms with E-state index in [1.807, 2.05) is 60.9 Å². The zero-order chi connectivity index (χ0) is 64.8. The molecular weight excluding hydrogens is 1220 g/mol. The summed E-state index contributed by atoms with van der Waals surface area (Å²) in [4.78, 5) is 101. The Morgan fingerprint density at radius 3 is 1.41 bits per heavy atom. The molecular formula is C67H78Cl2N14O9. The normalized spacial score (nSPS) is 16.1. The lowest BCUT2D eigenvalue weighted by atomic mass is 9.91. The van der Waals surface area contributed by atoms with E-state index in [4.69, 9.17) is 43.4 Å². The second-order valence-electron chi connectivity index (χ2n) is 21.9. The van der Waals surface area contributed by atoms with Gasteiger partial charge < -0.3 is 56.8 Å². The summed E-state index contributed by atoms with van der Waals surface area (Å²) in [6, 6.07) is 29.6. The van der Waals surface area contributed by atoms with Crippen molar-refractivity contribution in [1.29, 1.82) is 0 Å². The van der Waals surface area contributed by atoms with Gasteiger partial charge in [0.2, 0.25) is 23.7 Å². The molecule has 2 saturated carbocycles. The highest BCUT2D eigenvalue weighted by atomic mass is 35.5. The van der Waals surface area contributed by atoms with Gasteiger partial charge in [-0.25, -0.2) is 19.9 Å². The van der Waals surface area contributed by atoms with Crippen molar-refractivity contribution in [2.24, 2.45) is 0 Å². The Balaban J connectivity index is 0.000000252. The van der Waals surface area contributed by atoms with Crippen molar-refractivity contribution < 1.29 is 43.7 Å². The predicted molar refractivity (Wildman–Crippen MR) is 361 cm³/mol. The van der Waals surface area contributed by atoms with Gasteiger partial charge in [-0.15, -0.1) is 0 Å². The third-order valence-corrected chi connectivity index (χ3v) is 15.6. The Labute approximate surface area is 543 Å². The van der Waals surface area contributed by atoms with Crippen LogP contribution in [0.3, 0.4) is 0 Å². The molecule has 4 aromatic heterocycles. The first-order valence-corrected chi connectivity index (χ1v) is 30.4. The first-order valence-electron chi connectivity index (χ1n) is 29.6. The van der Waals surface area contributed by atoms with E-state index < -0.39 is 5.97 Å². The number of methoxy groups -OCH3 is 1. The number of carbonyl (C=O) groups is 6. The smallest absolute Gasteiger partial charge is 0.319 e. The number of hydrogen-bond acceptors (Lipinski definition) is 16. The van der Waals surface area contributed by atoms with Gasteiger partial charge in [0.1, 0.15) is 0 Å². The number of aromatic amines is 2. The number of esters is 1. The fourth-order valence-corrected chi connectivity index (χ4v) is 11.1. The Kier molecular flexibility index (Phi) is 26.3. The number of H-pyrrole nitrogens is 2. The summed E-state index contributed by atoms with van der Waals surface area (Å²) < 4.78 is 4.63. The van der Waals surface area contributed by atoms with Gasteiger partial charge in [0.15, 0.2) is 0 Å². The van der Waals surface area contributed by atoms with Crippen molar-refractivity contribution >= 4 is 104 Å². The molecule has 10 rings (SSSR count). The van der Waals surface area contributed by atoms with Gasteiger partial charge in [0.25, 0.3) is 11.8 Å². The summed E-state index contributed by atoms with van der Waals surface area (Å²) in [5.74, 6) is -1.29. The Hall–Kier alpha value is -9.52. The summed E-state index contributed by atoms with van der Waals surface area (Å²) in [6.45, 7) is 0.763. The summed E-state index contributed by atoms with van der Waals surface area (Å²) in [5.41, 5.74) is 7.27. The average molecular weight is 1290 g/mol. The van der Waals surface area contributed by atoms with Crippen molar-refractivity contribution in [3.63, 3.8) is 0 Å². The summed E-state index contributed by atoms with van der Waals surface area (Å²) >= 11 is 13.0. The highest BCUT2D eigenvalue weighted by Crippen LogP contribution is 2.35. The molecule has 23 nitrogen and oxygen atoms in total. The van der Waals surface area contributed by atoms with E-state index in [1.54, 1.807) is 97.0 Å². The highest BCUT2D eigenvalue weighted by molar-refractivity contribution is 6.33. The molecule has 8 aromatic rings. The number of benzene rings is 4. The molecule has 0 saturated heterocycles. The van der Waals surface area contributed by atoms with Crippen LogP contribution in [-0.4, -0.2) is 164 Å². The number of para-hydroxylation sites is 2. The number of aliphatic carboxylic acids is 1. The minimum absolute atomic E-state index is 0. The van der Waals surface area contributed by atoms with Crippen molar-refractivity contribution in [1.82, 2.24) is 50.3 Å². The van der Waals surface area contributed by atoms with Gasteiger partial charge in [0, 0.05) is 124 Å². The number of nitrogens with one attached hydrogen (secondary N) is 8. The van der Waals surface area contributed by atoms with Crippen LogP contribution in [0.4, 0.5) is 23.3 Å². The van der Waals surface area contributed by atoms with E-state index in [0.29, 0.717) is 68.9 Å². The number of carbonyl (C=O) groups excluding carboxylic acids is 5. The second-order valence-corrected chi connectivity index (χ2v) is 22.7. The number of ether oxygens (including phenoxy) is 1. The fourth-order valence-electron chi connectivity index (χ4n) is 10.7. The molecule has 92 heavy (non-hydrogen) atoms. The lowest BCUT2D eigenvalue weighted by Gasteiger charge is -2.30. The molecule has 0 bridgehead atoms. The van der Waals surface area contributed by atoms with Gasteiger partial charge in [-0.2, -0.15) is 0 Å². The van der Waals surface area contributed by atoms with Crippen LogP contribution >= 0.6 is 23.2 Å². The topological polar surface area (TPSA) is 314 Å². The first kappa shape index (κ1) is 69.9. The van der Waals surface area contributed by atoms with Crippen LogP contribution in [0.15, 0.2) is 146 Å². The quantitative estimate of drug-likeness (QED) is 0.0223. The number of halogens is 2. The maximum atomic E-state index is 13.0. The van der Waals surface area contributed by atoms with E-state index in [2.05, 4.69) is 56.6 Å². The number of amides is 4. The zero-order valence-corrected chi connectivity index (χ0v) is 52.4. The number of rotatable bonds is 22. The number of aliphatic hydroxyl groups is 1. The summed E-state index contributed by atoms with van der Waals surface area (Å²) in [6.07, 6.45) is 20.0. The molecule has 4 atom stereocenters. The molecule has 0 aliphatic heterocycles. The first-order chi connectivity index (χ1) is 44.0. The number of hydrogen-bond donors (Lipinski definition) is 10. The van der Waals surface area contributed by atoms with Crippen molar-refractivity contribution in [3.8, 4) is 22.5 Å². The predicted octanol–water partition coefficient (Wildman–Crippen LogP) is 10.2. The zero-order valence-electron chi connectivity index (χ0n) is 50.8. The Morgan fingerprint density at radius 1 is 0.598 bits per heavy atom. The van der Waals surface area contributed by atoms with Gasteiger partial charge in [-0.1, -0.05) is 79.2 Å². The number of aromatic nitrogens is 6. The number of fused-ring (bicyclic) bond motifs is 2. The highest BCUT2D eigenvalue weighted by Gasteiger charge is 2.27. The number of anilines is 4. The van der Waals surface area contributed by atoms with E-state index >= 15 is 0 Å². The Bertz CT molecular complexity index is 3860. The van der Waals surface area contributed by atoms with Crippen LogP contribution in [-0.2, 0) is 23.9 Å². The number of carboxylic acids is 1. The molecule has 2 fully saturated rings. The van der Waals surface area contributed by atoms with Crippen LogP contribution in [0.5, 0.6) is 0 Å². The maximum absolute atomic E-state index is 13.0. The van der Waals surface area contributed by atoms with E-state index in [1.165, 1.54) is 19.3 Å². The molecule has 25 heteroatoms. The van der Waals surface area contributed by atoms with Gasteiger partial charge in [-0.05, 0) is 126 Å². The molecule has 0 radical (unpaired) electrons. The largest absolute Gasteiger partial charge is 0.480 e. The van der Waals surface area contributed by atoms with Crippen molar-refractivity contribution in [3.05, 3.63) is 167 Å². The second kappa shape index (κ2) is 34.6. The number of aliphatic hydroxyl groups excluding tert-OH is 1. The average Bonchev–Trinajstić information content (AvgIpc) is 1.64. The number of nitrogens with zero attached hydrogens (tertiary/aromatic N) is 6. The number of likely N-dealkylation sites (N-methyl/N-ethyl adjacent to an activating group) is 2. The van der Waals surface area contributed by atoms with E-state index in [0.717, 1.165) is 91.4 Å². The third-order valence-electron chi connectivity index (χ3n) is 15.1. The van der Waals surface area contributed by atoms with Crippen LogP contribution in [0.25, 0.3) is 44.3 Å². The summed E-state index contributed by atoms with van der Waals surface area (Å²) in [7, 11) is 5.74. The van der Waals surface area contributed by atoms with Gasteiger partial charge in [-0.3, -0.25) is 38.6 Å². The van der Waals surface area contributed by atoms with Gasteiger partial charge in [0.05, 0.1) is 54.0 Å². The van der Waals surface area contributed by atoms with Crippen LogP contribution in [0.2, 0.25) is 10.0 Å². The molecule has 0 spiro atoms. The lowest BCUT2D eigenvalue weighted by Crippen LogP contribution is -2.42. The van der Waals surface area contributed by atoms with Crippen LogP contribution in [0.1, 0.15) is 79.5 Å². The van der Waals surface area contributed by atoms with E-state index in [-0.39, 0.29) is 74.3 Å². The minimum atomic E-state index is -0.932. The summed E-state index contributed by atoms with van der Waals surface area (Å²) in [5, 5.41) is 37.5. The molecule has 0 unspecified atom stereocenters. The SMILES string of the molecule is C.CN(C/C=C/C(=O)Nc1ccc(C(=O)N[C@H]2CCC[C@@H](Nc3ncc(Cl)c(-c4c[nH]c5ccccc45)n3)C2)cc1)CC(=O)O.CO.COC(=O)CN(C)C/C=C/C(=O)Nc1ccc(C(=O)N[C@H]2CCC[C@@H](Nc3ncc(Cl)c(-c4c[nH]c5ccccc45)n3)C2)cc1. The lowest BCUT2D eigenvalue weighted by molar-refractivity contribution is -0.141. The maximum Gasteiger partial charge on any atom is 0.319 e. The fraction of sp³-hybridized carbons (Fsp3) is 0.313. The number of carboxylic acid groups (broad SMARTS) is 1. The molecule has 2 aliphatic rings. The molecule has 4 amide bonds. The van der Waals surface area contributed by atoms with Gasteiger partial charge >= 0.3 is 11.9 Å². The molecule has 484 valence electrons. The molecule has 2 aliphatic carbocycles. The van der Waals surface area contributed by atoms with Crippen molar-refractivity contribution in [2.75, 3.05) is 75.8 Å². The van der Waals surface area contributed by atoms with Crippen molar-refractivity contribution in [2.45, 2.75) is 83.0 Å². The third kappa shape index (κ3) is 20.2. The van der Waals surface area contributed by atoms with E-state index in [9.17, 15) is 28.8 Å². The van der Waals surface area contributed by atoms with Crippen LogP contribution < -0.4 is 31.9 Å². The standard InChI is InChI=1S/C33H36ClN7O4.C32H34ClN7O4.CH4O.CH4/c1-41(20-30(43)45-2)16-6-11-29(42)37-22-14-12-21(13-15-22)32(44)38-23-7-5-8-24(17-23)39-33-36-19-27(34)31(40-33)26-18-35-28-10-4-3-9-25(26)28;1-40(19-29(42)43)15-5-10-28(41)36-21-13-11-20(12-14-21)31(44)37-22-6-4-7-23(16-22)38-32-35-18-26(33)30(39-32)25-17-34-27-9-3-2-8-24(25)27;1-2;/h3-4,6,9-15,18-19,23-24,35H,5,7-8,16-17,20H2,1-2H3,(H,37,42)(H,38,44)(H,36,39,40);2-3,5,8-14,17-18,22-23,34H,4,6-7,15-16,19H2,1H3,(H,36,41)(H,37,44)(H,42,43)(H,35,38,39);2H,1H3;1H4/b11-6+;10-5+;;/t23-,24+;22-,23+;;/m00../s1. The Morgan fingerprint density at radius 2 is 1.00 bits per heavy atom. The molecule has 4 aromatic carbocycles. The monoisotopic (exact) mass is 1290 g/mol. The molecule has 4 heterocycles.